The van der Waals surface area contributed by atoms with E-state index in [-0.39, 0.29) is 6.61 Å². The van der Waals surface area contributed by atoms with Gasteiger partial charge in [0, 0.05) is 35.5 Å². The maximum Gasteiger partial charge on any atom is 0.178 e. The normalized spacial score (nSPS) is 23.0. The minimum Gasteiger partial charge on any atom is -0.491 e. The van der Waals surface area contributed by atoms with Crippen molar-refractivity contribution in [3.8, 4) is 17.0 Å². The Morgan fingerprint density at radius 3 is 2.72 bits per heavy atom. The minimum atomic E-state index is -0.558. The van der Waals surface area contributed by atoms with Gasteiger partial charge in [-0.15, -0.1) is 11.3 Å². The fourth-order valence-corrected chi connectivity index (χ4v) is 6.90. The summed E-state index contributed by atoms with van der Waals surface area (Å²) in [4.78, 5) is 2.49. The zero-order valence-electron chi connectivity index (χ0n) is 19.7. The van der Waals surface area contributed by atoms with Gasteiger partial charge in [0.25, 0.3) is 0 Å². The predicted octanol–water partition coefficient (Wildman–Crippen LogP) is 5.85. The molecule has 2 aliphatic rings. The van der Waals surface area contributed by atoms with E-state index in [4.69, 9.17) is 13.8 Å². The Bertz CT molecular complexity index is 1490. The van der Waals surface area contributed by atoms with Crippen LogP contribution in [0.2, 0.25) is 0 Å². The molecule has 2 aliphatic heterocycles. The average Bonchev–Trinajstić information content (AvgIpc) is 3.66. The van der Waals surface area contributed by atoms with E-state index in [2.05, 4.69) is 21.3 Å². The highest BCUT2D eigenvalue weighted by molar-refractivity contribution is 7.17. The maximum absolute atomic E-state index is 10.9. The molecule has 0 saturated carbocycles. The van der Waals surface area contributed by atoms with Gasteiger partial charge in [0.1, 0.15) is 28.9 Å². The molecule has 0 amide bonds. The second kappa shape index (κ2) is 9.03. The number of fused-ring (bicyclic) bond motifs is 4. The second-order valence-electron chi connectivity index (χ2n) is 9.95. The van der Waals surface area contributed by atoms with Crippen LogP contribution in [0.25, 0.3) is 32.5 Å². The molecule has 3 atom stereocenters. The third-order valence-corrected chi connectivity index (χ3v) is 8.63. The molecule has 0 spiro atoms. The minimum absolute atomic E-state index is 0.254. The summed E-state index contributed by atoms with van der Waals surface area (Å²) >= 11 is 1.61. The van der Waals surface area contributed by atoms with Crippen LogP contribution in [0.3, 0.4) is 0 Å². The molecule has 3 unspecified atom stereocenters. The van der Waals surface area contributed by atoms with Crippen molar-refractivity contribution in [3.05, 3.63) is 65.7 Å². The van der Waals surface area contributed by atoms with Gasteiger partial charge >= 0.3 is 0 Å². The zero-order chi connectivity index (χ0) is 24.1. The van der Waals surface area contributed by atoms with Crippen molar-refractivity contribution in [1.82, 2.24) is 15.2 Å². The van der Waals surface area contributed by atoms with E-state index < -0.39 is 6.10 Å². The van der Waals surface area contributed by atoms with E-state index in [1.165, 1.54) is 12.8 Å². The van der Waals surface area contributed by atoms with Crippen LogP contribution in [-0.4, -0.2) is 51.7 Å². The van der Waals surface area contributed by atoms with Crippen LogP contribution in [0.4, 0.5) is 0 Å². The molecule has 2 aromatic carbocycles. The Labute approximate surface area is 212 Å². The summed E-state index contributed by atoms with van der Waals surface area (Å²) in [5, 5.41) is 22.6. The van der Waals surface area contributed by atoms with Gasteiger partial charge < -0.3 is 18.9 Å². The first kappa shape index (κ1) is 22.0. The van der Waals surface area contributed by atoms with Gasteiger partial charge in [0.05, 0.1) is 5.69 Å². The Morgan fingerprint density at radius 1 is 1.00 bits per heavy atom. The van der Waals surface area contributed by atoms with E-state index in [9.17, 15) is 5.11 Å². The van der Waals surface area contributed by atoms with Gasteiger partial charge in [0.15, 0.2) is 11.2 Å². The number of ether oxygens (including phenoxy) is 1. The van der Waals surface area contributed by atoms with E-state index >= 15 is 0 Å². The third-order valence-electron chi connectivity index (χ3n) is 7.73. The van der Waals surface area contributed by atoms with E-state index in [1.54, 1.807) is 11.3 Å². The summed E-state index contributed by atoms with van der Waals surface area (Å²) in [6.07, 6.45) is 3.88. The predicted molar refractivity (Wildman–Crippen MR) is 138 cm³/mol. The molecule has 7 nitrogen and oxygen atoms in total. The number of thiophene rings is 1. The number of nitrogens with zero attached hydrogens (tertiary/aromatic N) is 3. The summed E-state index contributed by atoms with van der Waals surface area (Å²) in [5.41, 5.74) is 4.53. The molecule has 7 rings (SSSR count). The van der Waals surface area contributed by atoms with Gasteiger partial charge in [-0.05, 0) is 61.4 Å². The lowest BCUT2D eigenvalue weighted by atomic mass is 9.86. The summed E-state index contributed by atoms with van der Waals surface area (Å²) in [6.45, 7) is 0.879. The van der Waals surface area contributed by atoms with Gasteiger partial charge in [-0.2, -0.15) is 0 Å². The molecule has 5 heterocycles. The van der Waals surface area contributed by atoms with E-state index in [0.717, 1.165) is 56.8 Å². The molecule has 2 saturated heterocycles. The van der Waals surface area contributed by atoms with Crippen LogP contribution in [0.15, 0.2) is 69.0 Å². The summed E-state index contributed by atoms with van der Waals surface area (Å²) < 4.78 is 18.0. The van der Waals surface area contributed by atoms with Gasteiger partial charge in [-0.3, -0.25) is 4.90 Å². The van der Waals surface area contributed by atoms with E-state index in [0.29, 0.717) is 24.5 Å². The Morgan fingerprint density at radius 2 is 1.83 bits per heavy atom. The van der Waals surface area contributed by atoms with Crippen LogP contribution in [0.5, 0.6) is 5.75 Å². The number of aromatic nitrogens is 2. The smallest absolute Gasteiger partial charge is 0.178 e. The Kier molecular flexibility index (Phi) is 5.53. The first-order valence-electron chi connectivity index (χ1n) is 12.6. The van der Waals surface area contributed by atoms with Gasteiger partial charge in [-0.1, -0.05) is 34.6 Å². The molecule has 0 radical (unpaired) electrons. The van der Waals surface area contributed by atoms with Crippen molar-refractivity contribution in [2.45, 2.75) is 49.8 Å². The number of aliphatic hydroxyl groups excluding tert-OH is 1. The highest BCUT2D eigenvalue weighted by atomic mass is 32.1. The maximum atomic E-state index is 10.9. The SMILES string of the molecule is OC(COc1cccc(-c2noc3ccsc23)c1)CN1C2CCC1CC(c1noc3ccccc13)C2. The largest absolute Gasteiger partial charge is 0.491 e. The lowest BCUT2D eigenvalue weighted by Gasteiger charge is -2.39. The molecular formula is C28H27N3O4S. The topological polar surface area (TPSA) is 84.8 Å². The summed E-state index contributed by atoms with van der Waals surface area (Å²) in [6, 6.07) is 18.8. The molecule has 2 bridgehead atoms. The highest BCUT2D eigenvalue weighted by Crippen LogP contribution is 2.44. The molecule has 36 heavy (non-hydrogen) atoms. The number of hydrogen-bond acceptors (Lipinski definition) is 8. The molecule has 0 aliphatic carbocycles. The third kappa shape index (κ3) is 3.89. The molecular weight excluding hydrogens is 474 g/mol. The van der Waals surface area contributed by atoms with Crippen LogP contribution < -0.4 is 4.74 Å². The average molecular weight is 502 g/mol. The van der Waals surface area contributed by atoms with Crippen LogP contribution in [0, 0.1) is 0 Å². The van der Waals surface area contributed by atoms with Crippen LogP contribution >= 0.6 is 11.3 Å². The van der Waals surface area contributed by atoms with E-state index in [1.807, 2.05) is 53.9 Å². The van der Waals surface area contributed by atoms with Crippen LogP contribution in [-0.2, 0) is 0 Å². The van der Waals surface area contributed by atoms with Gasteiger partial charge in [-0.25, -0.2) is 0 Å². The number of hydrogen-bond donors (Lipinski definition) is 1. The van der Waals surface area contributed by atoms with Crippen molar-refractivity contribution in [3.63, 3.8) is 0 Å². The van der Waals surface area contributed by atoms with Crippen molar-refractivity contribution in [2.24, 2.45) is 0 Å². The lowest BCUT2D eigenvalue weighted by molar-refractivity contribution is 0.0314. The second-order valence-corrected chi connectivity index (χ2v) is 10.9. The monoisotopic (exact) mass is 501 g/mol. The first-order chi connectivity index (χ1) is 17.7. The molecule has 184 valence electrons. The van der Waals surface area contributed by atoms with Crippen molar-refractivity contribution >= 4 is 32.6 Å². The fourth-order valence-electron chi connectivity index (χ4n) is 6.08. The lowest BCUT2D eigenvalue weighted by Crippen LogP contribution is -2.47. The standard InChI is InChI=1S/C28H27N3O4S/c32-21(16-33-22-5-3-4-17(14-22)27-28-25(35-30-27)10-11-36-28)15-31-19-8-9-20(31)13-18(12-19)26-23-6-1-2-7-24(23)34-29-26/h1-7,10-11,14,18-21,32H,8-9,12-13,15-16H2. The zero-order valence-corrected chi connectivity index (χ0v) is 20.6. The molecule has 1 N–H and O–H groups in total. The van der Waals surface area contributed by atoms with Crippen LogP contribution in [0.1, 0.15) is 37.3 Å². The Hall–Kier alpha value is -3.20. The summed E-state index contributed by atoms with van der Waals surface area (Å²) in [7, 11) is 0. The summed E-state index contributed by atoms with van der Waals surface area (Å²) in [5.74, 6) is 1.13. The Balaban J connectivity index is 0.988. The molecule has 2 fully saturated rings. The molecule has 3 aromatic heterocycles. The number of benzene rings is 2. The fraction of sp³-hybridized carbons (Fsp3) is 0.357. The number of rotatable bonds is 7. The van der Waals surface area contributed by atoms with Crippen molar-refractivity contribution in [2.75, 3.05) is 13.2 Å². The van der Waals surface area contributed by atoms with Gasteiger partial charge in [0.2, 0.25) is 0 Å². The highest BCUT2D eigenvalue weighted by Gasteiger charge is 2.42. The number of aliphatic hydroxyl groups is 1. The van der Waals surface area contributed by atoms with Crippen molar-refractivity contribution < 1.29 is 18.9 Å². The number of para-hydroxylation sites is 1. The molecule has 5 aromatic rings. The number of piperidine rings is 1. The first-order valence-corrected chi connectivity index (χ1v) is 13.4. The molecule has 8 heteroatoms. The van der Waals surface area contributed by atoms with Crippen molar-refractivity contribution in [1.29, 1.82) is 0 Å². The quantitative estimate of drug-likeness (QED) is 0.299.